The summed E-state index contributed by atoms with van der Waals surface area (Å²) in [7, 11) is 0. The van der Waals surface area contributed by atoms with E-state index in [0.717, 1.165) is 18.7 Å². The number of nitrogens with zero attached hydrogens (tertiary/aromatic N) is 5. The van der Waals surface area contributed by atoms with Crippen LogP contribution < -0.4 is 10.6 Å². The fraction of sp³-hybridized carbons (Fsp3) is 0.450. The average Bonchev–Trinajstić information content (AvgIpc) is 2.75. The van der Waals surface area contributed by atoms with Crippen LogP contribution >= 0.6 is 0 Å². The highest BCUT2D eigenvalue weighted by molar-refractivity contribution is 5.63. The van der Waals surface area contributed by atoms with Crippen LogP contribution in [0.3, 0.4) is 0 Å². The Morgan fingerprint density at radius 2 is 1.93 bits per heavy atom. The lowest BCUT2D eigenvalue weighted by Crippen LogP contribution is -2.62. The van der Waals surface area contributed by atoms with Crippen molar-refractivity contribution in [1.29, 1.82) is 5.26 Å². The van der Waals surface area contributed by atoms with Crippen molar-refractivity contribution >= 4 is 11.6 Å². The maximum atomic E-state index is 11.8. The molecule has 2 aliphatic heterocycles. The molecule has 2 aliphatic rings. The number of ether oxygens (including phenoxy) is 1. The molecule has 2 aromatic rings. The lowest BCUT2D eigenvalue weighted by molar-refractivity contribution is -0.0911. The van der Waals surface area contributed by atoms with Gasteiger partial charge in [0.2, 0.25) is 0 Å². The molecule has 3 heterocycles. The van der Waals surface area contributed by atoms with Crippen molar-refractivity contribution in [2.24, 2.45) is 0 Å². The fourth-order valence-electron chi connectivity index (χ4n) is 4.22. The standard InChI is InChI=1S/C20H24N6O2/c21-12-16-18(22)23-14-24-19(16)26-7-6-20(27,15-4-2-1-3-5-15)17(13-26)25-8-10-28-11-9-25/h1-5,14,17,27H,6-11,13H2,(H2,22,23,24)/t17-,20+/m1/s1. The van der Waals surface area contributed by atoms with Crippen molar-refractivity contribution in [1.82, 2.24) is 14.9 Å². The predicted molar refractivity (Wildman–Crippen MR) is 105 cm³/mol. The first-order chi connectivity index (χ1) is 13.6. The van der Waals surface area contributed by atoms with Crippen LogP contribution in [0.4, 0.5) is 11.6 Å². The number of morpholine rings is 1. The number of hydrogen-bond donors (Lipinski definition) is 2. The SMILES string of the molecule is N#Cc1c(N)ncnc1N1CC[C@](O)(c2ccccc2)[C@H](N2CCOCC2)C1. The minimum atomic E-state index is -0.986. The highest BCUT2D eigenvalue weighted by Gasteiger charge is 2.46. The van der Waals surface area contributed by atoms with E-state index in [1.807, 2.05) is 35.2 Å². The highest BCUT2D eigenvalue weighted by Crippen LogP contribution is 2.38. The van der Waals surface area contributed by atoms with Gasteiger partial charge in [-0.1, -0.05) is 30.3 Å². The molecule has 2 fully saturated rings. The lowest BCUT2D eigenvalue weighted by atomic mass is 9.79. The van der Waals surface area contributed by atoms with Crippen LogP contribution in [-0.4, -0.2) is 65.4 Å². The van der Waals surface area contributed by atoms with Gasteiger partial charge in [0.05, 0.1) is 19.3 Å². The molecule has 146 valence electrons. The molecule has 0 aliphatic carbocycles. The maximum absolute atomic E-state index is 11.8. The summed E-state index contributed by atoms with van der Waals surface area (Å²) >= 11 is 0. The average molecular weight is 380 g/mol. The number of aromatic nitrogens is 2. The van der Waals surface area contributed by atoms with Gasteiger partial charge in [0.15, 0.2) is 5.82 Å². The second-order valence-electron chi connectivity index (χ2n) is 7.22. The summed E-state index contributed by atoms with van der Waals surface area (Å²) in [6, 6.07) is 11.8. The molecule has 0 bridgehead atoms. The van der Waals surface area contributed by atoms with E-state index in [1.165, 1.54) is 6.33 Å². The molecular weight excluding hydrogens is 356 g/mol. The van der Waals surface area contributed by atoms with Gasteiger partial charge in [-0.2, -0.15) is 5.26 Å². The molecule has 0 spiro atoms. The summed E-state index contributed by atoms with van der Waals surface area (Å²) in [5, 5.41) is 21.3. The largest absolute Gasteiger partial charge is 0.383 e. The third-order valence-corrected chi connectivity index (χ3v) is 5.74. The Hall–Kier alpha value is -2.73. The summed E-state index contributed by atoms with van der Waals surface area (Å²) in [4.78, 5) is 12.6. The molecule has 28 heavy (non-hydrogen) atoms. The molecule has 4 rings (SSSR count). The number of rotatable bonds is 3. The van der Waals surface area contributed by atoms with Gasteiger partial charge in [0, 0.05) is 26.2 Å². The number of hydrogen-bond acceptors (Lipinski definition) is 8. The number of aliphatic hydroxyl groups is 1. The Kier molecular flexibility index (Phi) is 5.13. The van der Waals surface area contributed by atoms with Crippen LogP contribution in [0.25, 0.3) is 0 Å². The molecule has 0 amide bonds. The van der Waals surface area contributed by atoms with E-state index in [1.54, 1.807) is 0 Å². The van der Waals surface area contributed by atoms with Gasteiger partial charge >= 0.3 is 0 Å². The molecule has 1 aromatic carbocycles. The van der Waals surface area contributed by atoms with Crippen LogP contribution in [-0.2, 0) is 10.3 Å². The molecule has 2 saturated heterocycles. The first kappa shape index (κ1) is 18.6. The summed E-state index contributed by atoms with van der Waals surface area (Å²) < 4.78 is 5.51. The molecule has 0 unspecified atom stereocenters. The molecule has 8 heteroatoms. The van der Waals surface area contributed by atoms with Gasteiger partial charge < -0.3 is 20.5 Å². The first-order valence-electron chi connectivity index (χ1n) is 9.48. The van der Waals surface area contributed by atoms with Gasteiger partial charge in [0.25, 0.3) is 0 Å². The zero-order valence-corrected chi connectivity index (χ0v) is 15.7. The maximum Gasteiger partial charge on any atom is 0.152 e. The normalized spacial score (nSPS) is 26.0. The van der Waals surface area contributed by atoms with Crippen LogP contribution in [0.15, 0.2) is 36.7 Å². The van der Waals surface area contributed by atoms with E-state index in [0.29, 0.717) is 38.5 Å². The van der Waals surface area contributed by atoms with Crippen molar-refractivity contribution in [3.8, 4) is 6.07 Å². The van der Waals surface area contributed by atoms with E-state index in [4.69, 9.17) is 10.5 Å². The Bertz CT molecular complexity index is 865. The summed E-state index contributed by atoms with van der Waals surface area (Å²) in [5.74, 6) is 0.711. The summed E-state index contributed by atoms with van der Waals surface area (Å²) in [6.45, 7) is 3.90. The number of nitrogen functional groups attached to an aromatic ring is 1. The van der Waals surface area contributed by atoms with Gasteiger partial charge in [-0.15, -0.1) is 0 Å². The Morgan fingerprint density at radius 1 is 1.18 bits per heavy atom. The minimum Gasteiger partial charge on any atom is -0.383 e. The van der Waals surface area contributed by atoms with E-state index in [-0.39, 0.29) is 17.4 Å². The van der Waals surface area contributed by atoms with E-state index in [9.17, 15) is 10.4 Å². The number of nitriles is 1. The van der Waals surface area contributed by atoms with Crippen LogP contribution in [0.5, 0.6) is 0 Å². The lowest BCUT2D eigenvalue weighted by Gasteiger charge is -2.50. The zero-order valence-electron chi connectivity index (χ0n) is 15.7. The second kappa shape index (κ2) is 7.72. The number of nitrogens with two attached hydrogens (primary N) is 1. The van der Waals surface area contributed by atoms with Gasteiger partial charge in [-0.3, -0.25) is 4.90 Å². The van der Waals surface area contributed by atoms with Gasteiger partial charge in [0.1, 0.15) is 29.4 Å². The topological polar surface area (TPSA) is 112 Å². The Balaban J connectivity index is 1.70. The number of anilines is 2. The van der Waals surface area contributed by atoms with Crippen LogP contribution in [0.2, 0.25) is 0 Å². The van der Waals surface area contributed by atoms with Crippen LogP contribution in [0.1, 0.15) is 17.5 Å². The van der Waals surface area contributed by atoms with Crippen molar-refractivity contribution in [2.45, 2.75) is 18.1 Å². The highest BCUT2D eigenvalue weighted by atomic mass is 16.5. The summed E-state index contributed by atoms with van der Waals surface area (Å²) in [6.07, 6.45) is 1.90. The third-order valence-electron chi connectivity index (χ3n) is 5.74. The Labute approximate surface area is 164 Å². The third kappa shape index (κ3) is 3.29. The van der Waals surface area contributed by atoms with Crippen LogP contribution in [0, 0.1) is 11.3 Å². The van der Waals surface area contributed by atoms with Gasteiger partial charge in [-0.25, -0.2) is 9.97 Å². The summed E-state index contributed by atoms with van der Waals surface area (Å²) in [5.41, 5.74) is 6.09. The van der Waals surface area contributed by atoms with E-state index in [2.05, 4.69) is 20.9 Å². The monoisotopic (exact) mass is 380 g/mol. The molecular formula is C20H24N6O2. The second-order valence-corrected chi connectivity index (χ2v) is 7.22. The quantitative estimate of drug-likeness (QED) is 0.802. The number of piperidine rings is 1. The van der Waals surface area contributed by atoms with Crippen molar-refractivity contribution < 1.29 is 9.84 Å². The molecule has 1 aromatic heterocycles. The molecule has 0 radical (unpaired) electrons. The number of benzene rings is 1. The molecule has 2 atom stereocenters. The van der Waals surface area contributed by atoms with Crippen molar-refractivity contribution in [3.05, 3.63) is 47.8 Å². The smallest absolute Gasteiger partial charge is 0.152 e. The van der Waals surface area contributed by atoms with E-state index < -0.39 is 5.60 Å². The first-order valence-corrected chi connectivity index (χ1v) is 9.48. The van der Waals surface area contributed by atoms with Gasteiger partial charge in [-0.05, 0) is 12.0 Å². The fourth-order valence-corrected chi connectivity index (χ4v) is 4.22. The minimum absolute atomic E-state index is 0.157. The molecule has 3 N–H and O–H groups in total. The molecule has 0 saturated carbocycles. The van der Waals surface area contributed by atoms with Crippen molar-refractivity contribution in [2.75, 3.05) is 50.0 Å². The van der Waals surface area contributed by atoms with Crippen molar-refractivity contribution in [3.63, 3.8) is 0 Å². The zero-order chi connectivity index (χ0) is 19.6. The molecule has 8 nitrogen and oxygen atoms in total. The Morgan fingerprint density at radius 3 is 2.64 bits per heavy atom. The van der Waals surface area contributed by atoms with E-state index >= 15 is 0 Å². The predicted octanol–water partition coefficient (Wildman–Crippen LogP) is 0.729.